The number of H-pyrrole nitrogens is 1. The number of imidazole rings is 1. The Morgan fingerprint density at radius 3 is 2.13 bits per heavy atom. The number of aromatic hydroxyl groups is 1. The first-order chi connectivity index (χ1) is 11.1. The van der Waals surface area contributed by atoms with Crippen molar-refractivity contribution in [2.24, 2.45) is 0 Å². The van der Waals surface area contributed by atoms with Gasteiger partial charge in [-0.15, -0.1) is 0 Å². The van der Waals surface area contributed by atoms with Crippen LogP contribution in [0.15, 0.2) is 42.6 Å². The topological polar surface area (TPSA) is 67.4 Å². The molecule has 5 nitrogen and oxygen atoms in total. The maximum atomic E-state index is 9.99. The van der Waals surface area contributed by atoms with Gasteiger partial charge >= 0.3 is 0 Å². The highest BCUT2D eigenvalue weighted by atomic mass is 16.5. The van der Waals surface area contributed by atoms with Crippen molar-refractivity contribution in [3.05, 3.63) is 48.2 Å². The molecule has 1 aromatic heterocycles. The van der Waals surface area contributed by atoms with E-state index in [0.717, 1.165) is 16.8 Å². The van der Waals surface area contributed by atoms with Gasteiger partial charge in [-0.1, -0.05) is 29.8 Å². The van der Waals surface area contributed by atoms with Gasteiger partial charge in [-0.05, 0) is 19.1 Å². The van der Waals surface area contributed by atoms with Crippen molar-refractivity contribution in [1.29, 1.82) is 0 Å². The van der Waals surface area contributed by atoms with E-state index < -0.39 is 0 Å². The number of phenols is 1. The lowest BCUT2D eigenvalue weighted by Crippen LogP contribution is -1.91. The number of aryl methyl sites for hydroxylation is 1. The van der Waals surface area contributed by atoms with Crippen molar-refractivity contribution in [1.82, 2.24) is 9.97 Å². The van der Waals surface area contributed by atoms with E-state index in [-0.39, 0.29) is 5.75 Å². The zero-order valence-corrected chi connectivity index (χ0v) is 13.3. The summed E-state index contributed by atoms with van der Waals surface area (Å²) < 4.78 is 10.4. The molecule has 0 bridgehead atoms. The van der Waals surface area contributed by atoms with Gasteiger partial charge in [-0.3, -0.25) is 0 Å². The SMILES string of the molecule is COc1cc(-c2nc(-c3ccc(C)cc3)c[nH]2)cc(OC)c1O. The van der Waals surface area contributed by atoms with Crippen LogP contribution in [-0.2, 0) is 0 Å². The van der Waals surface area contributed by atoms with Crippen LogP contribution >= 0.6 is 0 Å². The number of rotatable bonds is 4. The van der Waals surface area contributed by atoms with Crippen LogP contribution in [0.5, 0.6) is 17.2 Å². The fourth-order valence-corrected chi connectivity index (χ4v) is 2.37. The number of aromatic nitrogens is 2. The molecule has 2 aromatic carbocycles. The van der Waals surface area contributed by atoms with Gasteiger partial charge in [-0.2, -0.15) is 0 Å². The Morgan fingerprint density at radius 1 is 0.957 bits per heavy atom. The highest BCUT2D eigenvalue weighted by Crippen LogP contribution is 2.39. The first-order valence-corrected chi connectivity index (χ1v) is 7.20. The van der Waals surface area contributed by atoms with Crippen LogP contribution in [0.4, 0.5) is 0 Å². The van der Waals surface area contributed by atoms with Crippen LogP contribution in [0.2, 0.25) is 0 Å². The second-order valence-electron chi connectivity index (χ2n) is 5.23. The van der Waals surface area contributed by atoms with E-state index in [1.807, 2.05) is 18.3 Å². The number of benzene rings is 2. The maximum Gasteiger partial charge on any atom is 0.200 e. The monoisotopic (exact) mass is 310 g/mol. The standard InChI is InChI=1S/C18H18N2O3/c1-11-4-6-12(7-5-11)14-10-19-18(20-14)13-8-15(22-2)17(21)16(9-13)23-3/h4-10,21H,1-3H3,(H,19,20). The smallest absolute Gasteiger partial charge is 0.200 e. The Bertz CT molecular complexity index is 798. The van der Waals surface area contributed by atoms with Gasteiger partial charge in [0.2, 0.25) is 5.75 Å². The Balaban J connectivity index is 2.01. The Hall–Kier alpha value is -2.95. The van der Waals surface area contributed by atoms with E-state index in [0.29, 0.717) is 17.3 Å². The molecule has 0 aliphatic carbocycles. The molecule has 0 spiro atoms. The summed E-state index contributed by atoms with van der Waals surface area (Å²) in [5, 5.41) is 9.99. The summed E-state index contributed by atoms with van der Waals surface area (Å²) in [5.41, 5.74) is 3.87. The number of nitrogens with zero attached hydrogens (tertiary/aromatic N) is 1. The molecule has 0 aliphatic heterocycles. The van der Waals surface area contributed by atoms with Crippen LogP contribution in [-0.4, -0.2) is 29.3 Å². The van der Waals surface area contributed by atoms with E-state index >= 15 is 0 Å². The number of phenolic OH excluding ortho intramolecular Hbond substituents is 1. The second kappa shape index (κ2) is 6.04. The molecule has 118 valence electrons. The number of hydrogen-bond donors (Lipinski definition) is 2. The number of ether oxygens (including phenoxy) is 2. The molecular weight excluding hydrogens is 292 g/mol. The molecule has 5 heteroatoms. The van der Waals surface area contributed by atoms with E-state index in [2.05, 4.69) is 29.0 Å². The minimum atomic E-state index is -0.0240. The number of methoxy groups -OCH3 is 2. The van der Waals surface area contributed by atoms with Gasteiger partial charge in [0.15, 0.2) is 11.5 Å². The van der Waals surface area contributed by atoms with Crippen molar-refractivity contribution in [2.45, 2.75) is 6.92 Å². The first-order valence-electron chi connectivity index (χ1n) is 7.20. The summed E-state index contributed by atoms with van der Waals surface area (Å²) in [7, 11) is 3.00. The van der Waals surface area contributed by atoms with Crippen LogP contribution in [0.3, 0.4) is 0 Å². The molecule has 0 amide bonds. The molecule has 2 N–H and O–H groups in total. The van der Waals surface area contributed by atoms with Crippen molar-refractivity contribution >= 4 is 0 Å². The molecule has 0 saturated carbocycles. The summed E-state index contributed by atoms with van der Waals surface area (Å²) in [6.45, 7) is 2.05. The van der Waals surface area contributed by atoms with Crippen LogP contribution in [0.1, 0.15) is 5.56 Å². The lowest BCUT2D eigenvalue weighted by atomic mass is 10.1. The van der Waals surface area contributed by atoms with Crippen molar-refractivity contribution in [3.63, 3.8) is 0 Å². The molecule has 3 rings (SSSR count). The molecule has 23 heavy (non-hydrogen) atoms. The van der Waals surface area contributed by atoms with Gasteiger partial charge < -0.3 is 19.6 Å². The summed E-state index contributed by atoms with van der Waals surface area (Å²) >= 11 is 0. The maximum absolute atomic E-state index is 9.99. The van der Waals surface area contributed by atoms with Crippen molar-refractivity contribution in [3.8, 4) is 39.9 Å². The zero-order valence-electron chi connectivity index (χ0n) is 13.3. The predicted octanol–water partition coefficient (Wildman–Crippen LogP) is 3.77. The van der Waals surface area contributed by atoms with Crippen LogP contribution < -0.4 is 9.47 Å². The van der Waals surface area contributed by atoms with E-state index in [1.54, 1.807) is 12.1 Å². The summed E-state index contributed by atoms with van der Waals surface area (Å²) in [6.07, 6.45) is 1.85. The second-order valence-corrected chi connectivity index (χ2v) is 5.23. The summed E-state index contributed by atoms with van der Waals surface area (Å²) in [5.74, 6) is 1.33. The van der Waals surface area contributed by atoms with Crippen LogP contribution in [0, 0.1) is 6.92 Å². The molecule has 0 atom stereocenters. The zero-order chi connectivity index (χ0) is 16.4. The average molecular weight is 310 g/mol. The minimum absolute atomic E-state index is 0.0240. The van der Waals surface area contributed by atoms with Crippen molar-refractivity contribution < 1.29 is 14.6 Å². The minimum Gasteiger partial charge on any atom is -0.502 e. The third kappa shape index (κ3) is 2.85. The molecule has 0 saturated heterocycles. The third-order valence-corrected chi connectivity index (χ3v) is 3.68. The Kier molecular flexibility index (Phi) is 3.93. The lowest BCUT2D eigenvalue weighted by molar-refractivity contribution is 0.340. The summed E-state index contributed by atoms with van der Waals surface area (Å²) in [4.78, 5) is 7.77. The number of nitrogens with one attached hydrogen (secondary N) is 1. The quantitative estimate of drug-likeness (QED) is 0.769. The summed E-state index contributed by atoms with van der Waals surface area (Å²) in [6, 6.07) is 11.6. The molecule has 0 aliphatic rings. The van der Waals surface area contributed by atoms with Gasteiger partial charge in [0.1, 0.15) is 5.82 Å². The van der Waals surface area contributed by atoms with Gasteiger partial charge in [0.25, 0.3) is 0 Å². The molecule has 3 aromatic rings. The molecule has 0 fully saturated rings. The molecule has 0 radical (unpaired) electrons. The largest absolute Gasteiger partial charge is 0.502 e. The predicted molar refractivity (Wildman–Crippen MR) is 89.0 cm³/mol. The van der Waals surface area contributed by atoms with Gasteiger partial charge in [0, 0.05) is 17.3 Å². The number of aromatic amines is 1. The van der Waals surface area contributed by atoms with E-state index in [9.17, 15) is 5.11 Å². The van der Waals surface area contributed by atoms with E-state index in [4.69, 9.17) is 9.47 Å². The Morgan fingerprint density at radius 2 is 1.57 bits per heavy atom. The molecule has 0 unspecified atom stereocenters. The van der Waals surface area contributed by atoms with Crippen molar-refractivity contribution in [2.75, 3.05) is 14.2 Å². The first kappa shape index (κ1) is 15.0. The fourth-order valence-electron chi connectivity index (χ4n) is 2.37. The highest BCUT2D eigenvalue weighted by Gasteiger charge is 2.14. The third-order valence-electron chi connectivity index (χ3n) is 3.68. The molecular formula is C18H18N2O3. The van der Waals surface area contributed by atoms with Crippen LogP contribution in [0.25, 0.3) is 22.6 Å². The highest BCUT2D eigenvalue weighted by molar-refractivity contribution is 5.69. The fraction of sp³-hybridized carbons (Fsp3) is 0.167. The van der Waals surface area contributed by atoms with Gasteiger partial charge in [-0.25, -0.2) is 4.98 Å². The number of hydrogen-bond acceptors (Lipinski definition) is 4. The normalized spacial score (nSPS) is 10.6. The van der Waals surface area contributed by atoms with E-state index in [1.165, 1.54) is 19.8 Å². The average Bonchev–Trinajstić information content (AvgIpc) is 3.05. The lowest BCUT2D eigenvalue weighted by Gasteiger charge is -2.10. The molecule has 1 heterocycles. The Labute approximate surface area is 134 Å². The van der Waals surface area contributed by atoms with Gasteiger partial charge in [0.05, 0.1) is 19.9 Å².